The zero-order valence-corrected chi connectivity index (χ0v) is 13.1. The van der Waals surface area contributed by atoms with Gasteiger partial charge in [-0.05, 0) is 55.0 Å². The van der Waals surface area contributed by atoms with Crippen LogP contribution in [0.4, 0.5) is 13.2 Å². The lowest BCUT2D eigenvalue weighted by atomic mass is 9.90. The zero-order chi connectivity index (χ0) is 17.0. The summed E-state index contributed by atoms with van der Waals surface area (Å²) in [4.78, 5) is 3.99. The summed E-state index contributed by atoms with van der Waals surface area (Å²) in [5, 5.41) is 3.84. The molecule has 1 aliphatic carbocycles. The van der Waals surface area contributed by atoms with E-state index < -0.39 is 12.7 Å². The first kappa shape index (κ1) is 16.5. The second kappa shape index (κ2) is 7.07. The molecule has 1 aliphatic rings. The lowest BCUT2D eigenvalue weighted by Gasteiger charge is -2.22. The summed E-state index contributed by atoms with van der Waals surface area (Å²) in [6.07, 6.45) is 3.96. The summed E-state index contributed by atoms with van der Waals surface area (Å²) in [5.41, 5.74) is 2.50. The molecule has 0 amide bonds. The number of ether oxygens (including phenoxy) is 1. The molecule has 4 nitrogen and oxygen atoms in total. The number of pyridine rings is 1. The molecule has 0 saturated carbocycles. The minimum Gasteiger partial charge on any atom is -0.488 e. The molecule has 24 heavy (non-hydrogen) atoms. The van der Waals surface area contributed by atoms with Crippen LogP contribution in [0.2, 0.25) is 0 Å². The van der Waals surface area contributed by atoms with Gasteiger partial charge in [-0.25, -0.2) is 0 Å². The average Bonchev–Trinajstić information content (AvgIpc) is 3.00. The Bertz CT molecular complexity index is 707. The van der Waals surface area contributed by atoms with Gasteiger partial charge in [0.15, 0.2) is 0 Å². The van der Waals surface area contributed by atoms with Gasteiger partial charge >= 0.3 is 6.18 Å². The van der Waals surface area contributed by atoms with E-state index in [9.17, 15) is 13.2 Å². The third kappa shape index (κ3) is 4.15. The summed E-state index contributed by atoms with van der Waals surface area (Å²) in [7, 11) is 0. The highest BCUT2D eigenvalue weighted by Gasteiger charge is 2.30. The van der Waals surface area contributed by atoms with Gasteiger partial charge in [0.1, 0.15) is 18.9 Å². The average molecular weight is 337 g/mol. The molecule has 128 valence electrons. The third-order valence-corrected chi connectivity index (χ3v) is 3.98. The molecule has 2 aromatic rings. The number of rotatable bonds is 5. The van der Waals surface area contributed by atoms with Crippen LogP contribution >= 0.6 is 0 Å². The minimum absolute atomic E-state index is 0.359. The Kier molecular flexibility index (Phi) is 4.87. The molecular weight excluding hydrogens is 319 g/mol. The van der Waals surface area contributed by atoms with E-state index >= 15 is 0 Å². The monoisotopic (exact) mass is 337 g/mol. The van der Waals surface area contributed by atoms with Gasteiger partial charge in [0.05, 0.1) is 11.9 Å². The van der Waals surface area contributed by atoms with Gasteiger partial charge in [-0.1, -0.05) is 0 Å². The largest absolute Gasteiger partial charge is 0.488 e. The Labute approximate surface area is 138 Å². The molecule has 0 fully saturated rings. The van der Waals surface area contributed by atoms with Crippen LogP contribution < -0.4 is 4.74 Å². The van der Waals surface area contributed by atoms with Gasteiger partial charge in [0.25, 0.3) is 0 Å². The zero-order valence-electron chi connectivity index (χ0n) is 13.1. The number of aromatic nitrogens is 3. The summed E-state index contributed by atoms with van der Waals surface area (Å²) in [6, 6.07) is 5.24. The van der Waals surface area contributed by atoms with Crippen molar-refractivity contribution in [1.82, 2.24) is 14.8 Å². The lowest BCUT2D eigenvalue weighted by Crippen LogP contribution is -2.21. The van der Waals surface area contributed by atoms with E-state index in [4.69, 9.17) is 4.74 Å². The lowest BCUT2D eigenvalue weighted by molar-refractivity contribution is -0.142. The molecule has 2 aromatic heterocycles. The molecule has 0 N–H and O–H groups in total. The molecule has 0 radical (unpaired) electrons. The van der Waals surface area contributed by atoms with Gasteiger partial charge in [-0.15, -0.1) is 0 Å². The number of allylic oxidation sites excluding steroid dienone is 1. The van der Waals surface area contributed by atoms with Crippen molar-refractivity contribution in [2.24, 2.45) is 0 Å². The van der Waals surface area contributed by atoms with E-state index in [0.717, 1.165) is 41.5 Å². The molecule has 0 unspecified atom stereocenters. The van der Waals surface area contributed by atoms with Gasteiger partial charge in [0.2, 0.25) is 0 Å². The molecule has 7 heteroatoms. The van der Waals surface area contributed by atoms with Crippen molar-refractivity contribution in [3.63, 3.8) is 0 Å². The number of hydrogen-bond donors (Lipinski definition) is 0. The Morgan fingerprint density at radius 1 is 1.12 bits per heavy atom. The predicted octanol–water partition coefficient (Wildman–Crippen LogP) is 4.25. The molecule has 0 aromatic carbocycles. The Balaban J connectivity index is 1.83. The van der Waals surface area contributed by atoms with Crippen molar-refractivity contribution < 1.29 is 17.9 Å². The van der Waals surface area contributed by atoms with Crippen molar-refractivity contribution in [3.05, 3.63) is 48.1 Å². The van der Waals surface area contributed by atoms with Crippen molar-refractivity contribution in [1.29, 1.82) is 0 Å². The Hall–Kier alpha value is -2.31. The van der Waals surface area contributed by atoms with Crippen LogP contribution in [-0.4, -0.2) is 27.5 Å². The summed E-state index contributed by atoms with van der Waals surface area (Å²) >= 11 is 0. The van der Waals surface area contributed by atoms with Crippen molar-refractivity contribution >= 4 is 5.57 Å². The van der Waals surface area contributed by atoms with Crippen LogP contribution in [0.25, 0.3) is 5.57 Å². The molecule has 0 saturated heterocycles. The van der Waals surface area contributed by atoms with Gasteiger partial charge in [-0.2, -0.15) is 18.3 Å². The van der Waals surface area contributed by atoms with Crippen LogP contribution in [0.15, 0.2) is 42.4 Å². The number of hydrogen-bond acceptors (Lipinski definition) is 3. The summed E-state index contributed by atoms with van der Waals surface area (Å²) in [6.45, 7) is -0.714. The van der Waals surface area contributed by atoms with Crippen LogP contribution in [-0.2, 0) is 6.54 Å². The normalized spacial score (nSPS) is 15.6. The number of nitrogens with zero attached hydrogens (tertiary/aromatic N) is 3. The van der Waals surface area contributed by atoms with E-state index in [1.165, 1.54) is 6.20 Å². The Morgan fingerprint density at radius 2 is 1.96 bits per heavy atom. The quantitative estimate of drug-likeness (QED) is 0.819. The SMILES string of the molecule is FC(F)(F)Cn1nccc1C1=C(COc2cccnc2)CCCC1. The molecule has 3 rings (SSSR count). The molecule has 0 spiro atoms. The maximum absolute atomic E-state index is 12.7. The first-order chi connectivity index (χ1) is 11.5. The van der Waals surface area contributed by atoms with E-state index in [-0.39, 0.29) is 0 Å². The van der Waals surface area contributed by atoms with Crippen LogP contribution in [0.3, 0.4) is 0 Å². The summed E-state index contributed by atoms with van der Waals surface area (Å²) < 4.78 is 44.9. The first-order valence-electron chi connectivity index (χ1n) is 7.85. The van der Waals surface area contributed by atoms with Crippen LogP contribution in [0, 0.1) is 0 Å². The highest BCUT2D eigenvalue weighted by atomic mass is 19.4. The Morgan fingerprint density at radius 3 is 2.71 bits per heavy atom. The fourth-order valence-corrected chi connectivity index (χ4v) is 2.92. The fourth-order valence-electron chi connectivity index (χ4n) is 2.92. The summed E-state index contributed by atoms with van der Waals surface area (Å²) in [5.74, 6) is 0.652. The van der Waals surface area contributed by atoms with Crippen molar-refractivity contribution in [2.75, 3.05) is 6.61 Å². The molecule has 0 atom stereocenters. The van der Waals surface area contributed by atoms with E-state index in [0.29, 0.717) is 18.1 Å². The van der Waals surface area contributed by atoms with Crippen molar-refractivity contribution in [3.8, 4) is 5.75 Å². The molecule has 0 aliphatic heterocycles. The van der Waals surface area contributed by atoms with E-state index in [1.54, 1.807) is 24.5 Å². The standard InChI is InChI=1S/C17H18F3N3O/c18-17(19,20)12-23-16(7-9-22-23)15-6-2-1-4-13(15)11-24-14-5-3-8-21-10-14/h3,5,7-10H,1-2,4,6,11-12H2. The van der Waals surface area contributed by atoms with Crippen LogP contribution in [0.1, 0.15) is 31.4 Å². The maximum Gasteiger partial charge on any atom is 0.408 e. The maximum atomic E-state index is 12.7. The predicted molar refractivity (Wildman–Crippen MR) is 83.4 cm³/mol. The van der Waals surface area contributed by atoms with Gasteiger partial charge in [0, 0.05) is 12.4 Å². The highest BCUT2D eigenvalue weighted by molar-refractivity contribution is 5.67. The number of alkyl halides is 3. The van der Waals surface area contributed by atoms with E-state index in [1.807, 2.05) is 6.07 Å². The second-order valence-electron chi connectivity index (χ2n) is 5.76. The van der Waals surface area contributed by atoms with E-state index in [2.05, 4.69) is 10.1 Å². The van der Waals surface area contributed by atoms with Gasteiger partial charge < -0.3 is 4.74 Å². The van der Waals surface area contributed by atoms with Gasteiger partial charge in [-0.3, -0.25) is 9.67 Å². The topological polar surface area (TPSA) is 39.9 Å². The molecular formula is C17H18F3N3O. The van der Waals surface area contributed by atoms with Crippen molar-refractivity contribution in [2.45, 2.75) is 38.4 Å². The smallest absolute Gasteiger partial charge is 0.408 e. The van der Waals surface area contributed by atoms with Crippen LogP contribution in [0.5, 0.6) is 5.75 Å². The second-order valence-corrected chi connectivity index (χ2v) is 5.76. The first-order valence-corrected chi connectivity index (χ1v) is 7.85. The number of halogens is 3. The highest BCUT2D eigenvalue weighted by Crippen LogP contribution is 2.33. The minimum atomic E-state index is -4.29. The third-order valence-electron chi connectivity index (χ3n) is 3.98. The molecule has 2 heterocycles. The fraction of sp³-hybridized carbons (Fsp3) is 0.412. The molecule has 0 bridgehead atoms.